The number of ether oxygens (including phenoxy) is 1. The van der Waals surface area contributed by atoms with Crippen molar-refractivity contribution < 1.29 is 19.4 Å². The second-order valence-corrected chi connectivity index (χ2v) is 4.47. The van der Waals surface area contributed by atoms with Gasteiger partial charge in [0.05, 0.1) is 0 Å². The fourth-order valence-electron chi connectivity index (χ4n) is 2.05. The van der Waals surface area contributed by atoms with Crippen LogP contribution in [0.5, 0.6) is 0 Å². The van der Waals surface area contributed by atoms with E-state index in [0.717, 1.165) is 18.8 Å². The quantitative estimate of drug-likeness (QED) is 0.701. The van der Waals surface area contributed by atoms with Gasteiger partial charge in [-0.1, -0.05) is 13.3 Å². The molecule has 0 bridgehead atoms. The molecule has 1 aliphatic rings. The van der Waals surface area contributed by atoms with Gasteiger partial charge in [-0.2, -0.15) is 0 Å². The normalized spacial score (nSPS) is 24.3. The van der Waals surface area contributed by atoms with Gasteiger partial charge in [0.15, 0.2) is 0 Å². The third kappa shape index (κ3) is 5.11. The SMILES string of the molecule is CC1CCC(CNC(=O)COCC(=O)O)C1. The van der Waals surface area contributed by atoms with Crippen LogP contribution < -0.4 is 5.32 Å². The molecule has 5 nitrogen and oxygen atoms in total. The van der Waals surface area contributed by atoms with Crippen LogP contribution in [0.25, 0.3) is 0 Å². The molecule has 5 heteroatoms. The topological polar surface area (TPSA) is 75.6 Å². The van der Waals surface area contributed by atoms with E-state index >= 15 is 0 Å². The molecule has 0 aromatic heterocycles. The number of carboxylic acid groups (broad SMARTS) is 1. The lowest BCUT2D eigenvalue weighted by Gasteiger charge is -2.10. The summed E-state index contributed by atoms with van der Waals surface area (Å²) in [6.45, 7) is 2.31. The number of aliphatic carboxylic acids is 1. The number of nitrogens with one attached hydrogen (secondary N) is 1. The van der Waals surface area contributed by atoms with Gasteiger partial charge in [-0.3, -0.25) is 4.79 Å². The Kier molecular flexibility index (Phi) is 5.25. The lowest BCUT2D eigenvalue weighted by molar-refractivity contribution is -0.143. The van der Waals surface area contributed by atoms with Crippen LogP contribution in [0.1, 0.15) is 26.2 Å². The average Bonchev–Trinajstić information content (AvgIpc) is 2.61. The molecule has 0 heterocycles. The van der Waals surface area contributed by atoms with E-state index in [1.54, 1.807) is 0 Å². The molecule has 0 aromatic rings. The van der Waals surface area contributed by atoms with E-state index in [4.69, 9.17) is 5.11 Å². The summed E-state index contributed by atoms with van der Waals surface area (Å²) < 4.78 is 4.68. The predicted octanol–water partition coefficient (Wildman–Crippen LogP) is 0.640. The molecule has 0 saturated heterocycles. The van der Waals surface area contributed by atoms with Crippen LogP contribution in [-0.2, 0) is 14.3 Å². The van der Waals surface area contributed by atoms with Gasteiger partial charge >= 0.3 is 5.97 Å². The predicted molar refractivity (Wildman–Crippen MR) is 58.0 cm³/mol. The number of carboxylic acids is 1. The van der Waals surface area contributed by atoms with Gasteiger partial charge in [-0.05, 0) is 24.7 Å². The molecule has 0 aliphatic heterocycles. The Morgan fingerprint density at radius 3 is 2.69 bits per heavy atom. The number of carbonyl (C=O) groups excluding carboxylic acids is 1. The third-order valence-electron chi connectivity index (χ3n) is 2.85. The molecular formula is C11H19NO4. The molecule has 2 N–H and O–H groups in total. The van der Waals surface area contributed by atoms with Crippen molar-refractivity contribution in [2.24, 2.45) is 11.8 Å². The minimum Gasteiger partial charge on any atom is -0.480 e. The molecule has 0 aromatic carbocycles. The van der Waals surface area contributed by atoms with Gasteiger partial charge in [0.2, 0.25) is 5.91 Å². The summed E-state index contributed by atoms with van der Waals surface area (Å²) in [5.74, 6) is 0.0295. The number of rotatable bonds is 6. The van der Waals surface area contributed by atoms with E-state index < -0.39 is 12.6 Å². The highest BCUT2D eigenvalue weighted by molar-refractivity contribution is 5.77. The molecule has 1 fully saturated rings. The first-order valence-corrected chi connectivity index (χ1v) is 5.64. The van der Waals surface area contributed by atoms with Crippen molar-refractivity contribution in [1.82, 2.24) is 5.32 Å². The zero-order valence-electron chi connectivity index (χ0n) is 9.57. The zero-order chi connectivity index (χ0) is 12.0. The van der Waals surface area contributed by atoms with Crippen LogP contribution in [0.4, 0.5) is 0 Å². The lowest BCUT2D eigenvalue weighted by Crippen LogP contribution is -2.32. The van der Waals surface area contributed by atoms with Crippen molar-refractivity contribution in [2.45, 2.75) is 26.2 Å². The second kappa shape index (κ2) is 6.48. The summed E-state index contributed by atoms with van der Waals surface area (Å²) >= 11 is 0. The molecule has 16 heavy (non-hydrogen) atoms. The van der Waals surface area contributed by atoms with Gasteiger partial charge in [0.25, 0.3) is 0 Å². The number of amides is 1. The smallest absolute Gasteiger partial charge is 0.329 e. The maximum absolute atomic E-state index is 11.2. The number of hydrogen-bond acceptors (Lipinski definition) is 3. The summed E-state index contributed by atoms with van der Waals surface area (Å²) in [6, 6.07) is 0. The Labute approximate surface area is 95.2 Å². The van der Waals surface area contributed by atoms with Crippen molar-refractivity contribution >= 4 is 11.9 Å². The Balaban J connectivity index is 2.04. The first kappa shape index (κ1) is 13.0. The zero-order valence-corrected chi connectivity index (χ0v) is 9.57. The van der Waals surface area contributed by atoms with Crippen LogP contribution in [0.3, 0.4) is 0 Å². The minimum atomic E-state index is -1.06. The van der Waals surface area contributed by atoms with Crippen LogP contribution in [0.15, 0.2) is 0 Å². The molecule has 1 rings (SSSR count). The molecule has 1 aliphatic carbocycles. The Morgan fingerprint density at radius 2 is 2.12 bits per heavy atom. The van der Waals surface area contributed by atoms with Gasteiger partial charge in [0.1, 0.15) is 13.2 Å². The summed E-state index contributed by atoms with van der Waals surface area (Å²) in [5.41, 5.74) is 0. The van der Waals surface area contributed by atoms with Crippen LogP contribution in [0, 0.1) is 11.8 Å². The Bertz CT molecular complexity index is 254. The van der Waals surface area contributed by atoms with Gasteiger partial charge in [0, 0.05) is 6.54 Å². The Morgan fingerprint density at radius 1 is 1.38 bits per heavy atom. The third-order valence-corrected chi connectivity index (χ3v) is 2.85. The molecule has 1 saturated carbocycles. The van der Waals surface area contributed by atoms with E-state index in [2.05, 4.69) is 17.0 Å². The van der Waals surface area contributed by atoms with E-state index in [1.807, 2.05) is 0 Å². The van der Waals surface area contributed by atoms with Gasteiger partial charge in [-0.25, -0.2) is 4.79 Å². The monoisotopic (exact) mass is 229 g/mol. The summed E-state index contributed by atoms with van der Waals surface area (Å²) in [4.78, 5) is 21.4. The number of hydrogen-bond donors (Lipinski definition) is 2. The highest BCUT2D eigenvalue weighted by Gasteiger charge is 2.21. The van der Waals surface area contributed by atoms with Crippen LogP contribution in [-0.4, -0.2) is 36.7 Å². The Hall–Kier alpha value is -1.10. The van der Waals surface area contributed by atoms with E-state index in [-0.39, 0.29) is 12.5 Å². The molecule has 1 amide bonds. The fourth-order valence-corrected chi connectivity index (χ4v) is 2.05. The molecule has 0 spiro atoms. The number of carbonyl (C=O) groups is 2. The van der Waals surface area contributed by atoms with Gasteiger partial charge < -0.3 is 15.2 Å². The van der Waals surface area contributed by atoms with Crippen molar-refractivity contribution in [3.05, 3.63) is 0 Å². The van der Waals surface area contributed by atoms with Crippen molar-refractivity contribution in [2.75, 3.05) is 19.8 Å². The largest absolute Gasteiger partial charge is 0.480 e. The molecule has 2 atom stereocenters. The summed E-state index contributed by atoms with van der Waals surface area (Å²) in [5, 5.41) is 11.1. The van der Waals surface area contributed by atoms with Crippen LogP contribution >= 0.6 is 0 Å². The van der Waals surface area contributed by atoms with E-state index in [1.165, 1.54) is 6.42 Å². The molecular weight excluding hydrogens is 210 g/mol. The molecule has 92 valence electrons. The first-order chi connectivity index (χ1) is 7.58. The first-order valence-electron chi connectivity index (χ1n) is 5.64. The highest BCUT2D eigenvalue weighted by atomic mass is 16.5. The second-order valence-electron chi connectivity index (χ2n) is 4.47. The summed E-state index contributed by atoms with van der Waals surface area (Å²) in [7, 11) is 0. The lowest BCUT2D eigenvalue weighted by atomic mass is 10.1. The van der Waals surface area contributed by atoms with Crippen LogP contribution in [0.2, 0.25) is 0 Å². The van der Waals surface area contributed by atoms with Gasteiger partial charge in [-0.15, -0.1) is 0 Å². The minimum absolute atomic E-state index is 0.172. The average molecular weight is 229 g/mol. The maximum Gasteiger partial charge on any atom is 0.329 e. The van der Waals surface area contributed by atoms with Crippen molar-refractivity contribution in [1.29, 1.82) is 0 Å². The standard InChI is InChI=1S/C11H19NO4/c1-8-2-3-9(4-8)5-12-10(13)6-16-7-11(14)15/h8-9H,2-7H2,1H3,(H,12,13)(H,14,15). The molecule has 0 radical (unpaired) electrons. The fraction of sp³-hybridized carbons (Fsp3) is 0.818. The highest BCUT2D eigenvalue weighted by Crippen LogP contribution is 2.29. The molecule has 2 unspecified atom stereocenters. The van der Waals surface area contributed by atoms with Crippen molar-refractivity contribution in [3.8, 4) is 0 Å². The van der Waals surface area contributed by atoms with E-state index in [9.17, 15) is 9.59 Å². The van der Waals surface area contributed by atoms with Crippen molar-refractivity contribution in [3.63, 3.8) is 0 Å². The summed E-state index contributed by atoms with van der Waals surface area (Å²) in [6.07, 6.45) is 3.56. The maximum atomic E-state index is 11.2. The van der Waals surface area contributed by atoms with E-state index in [0.29, 0.717) is 12.5 Å².